The molecule has 4 aromatic rings. The molecule has 0 spiro atoms. The highest BCUT2D eigenvalue weighted by atomic mass is 35.7. The molecule has 0 aromatic heterocycles. The number of carbonyl (C=O) groups is 2. The van der Waals surface area contributed by atoms with Crippen LogP contribution in [0.2, 0.25) is 0 Å². The highest BCUT2D eigenvalue weighted by Crippen LogP contribution is 2.32. The average molecular weight is 819 g/mol. The number of rotatable bonds is 12. The molecule has 12 nitrogen and oxygen atoms in total. The Kier molecular flexibility index (Phi) is 17.8. The number of nitrogens with one attached hydrogen (secondary N) is 1. The zero-order valence-electron chi connectivity index (χ0n) is 32.9. The van der Waals surface area contributed by atoms with E-state index in [9.17, 15) is 26.4 Å². The first-order chi connectivity index (χ1) is 25.7. The lowest BCUT2D eigenvalue weighted by atomic mass is 10.1. The molecule has 4 aromatic carbocycles. The SMILES string of the molecule is COC(=O)[C@@H](N)Cc1ccccc1.COC(=O)[C@H](Cc1ccccc1)NS(=O)(=O)c1c(C)cc(OC)c(C)c1C.COc1cc(C)c(S(=O)(=O)Cl)c(C)c1C. The molecule has 0 aliphatic heterocycles. The number of hydrogen-bond donors (Lipinski definition) is 2. The van der Waals surface area contributed by atoms with Crippen molar-refractivity contribution in [2.75, 3.05) is 28.4 Å². The topological polar surface area (TPSA) is 177 Å². The molecule has 0 radical (unpaired) electrons. The van der Waals surface area contributed by atoms with Crippen molar-refractivity contribution in [3.05, 3.63) is 117 Å². The van der Waals surface area contributed by atoms with E-state index in [2.05, 4.69) is 9.46 Å². The van der Waals surface area contributed by atoms with E-state index >= 15 is 0 Å². The molecule has 0 saturated carbocycles. The summed E-state index contributed by atoms with van der Waals surface area (Å²) in [4.78, 5) is 23.5. The third-order valence-electron chi connectivity index (χ3n) is 8.78. The van der Waals surface area contributed by atoms with E-state index < -0.39 is 37.1 Å². The molecule has 0 aliphatic carbocycles. The first kappa shape index (κ1) is 46.7. The second-order valence-electron chi connectivity index (χ2n) is 12.6. The van der Waals surface area contributed by atoms with Gasteiger partial charge in [0.05, 0.1) is 38.2 Å². The van der Waals surface area contributed by atoms with Gasteiger partial charge in [0.25, 0.3) is 9.05 Å². The molecule has 4 rings (SSSR count). The molecule has 0 aliphatic rings. The fourth-order valence-electron chi connectivity index (χ4n) is 5.77. The second kappa shape index (κ2) is 21.0. The second-order valence-corrected chi connectivity index (χ2v) is 16.7. The summed E-state index contributed by atoms with van der Waals surface area (Å²) in [6.07, 6.45) is 0.716. The van der Waals surface area contributed by atoms with Gasteiger partial charge >= 0.3 is 11.9 Å². The molecule has 0 heterocycles. The van der Waals surface area contributed by atoms with Gasteiger partial charge in [0.15, 0.2) is 0 Å². The van der Waals surface area contributed by atoms with Gasteiger partial charge in [-0.05, 0) is 111 Å². The number of methoxy groups -OCH3 is 4. The van der Waals surface area contributed by atoms with Gasteiger partial charge in [-0.15, -0.1) is 0 Å². The molecule has 3 N–H and O–H groups in total. The van der Waals surface area contributed by atoms with E-state index in [0.717, 1.165) is 22.3 Å². The number of ether oxygens (including phenoxy) is 4. The van der Waals surface area contributed by atoms with Crippen molar-refractivity contribution < 1.29 is 45.4 Å². The Balaban J connectivity index is 0.000000314. The average Bonchev–Trinajstić information content (AvgIpc) is 3.14. The molecule has 0 bridgehead atoms. The molecule has 0 saturated heterocycles. The van der Waals surface area contributed by atoms with Gasteiger partial charge in [0, 0.05) is 10.7 Å². The lowest BCUT2D eigenvalue weighted by Crippen LogP contribution is -2.43. The van der Waals surface area contributed by atoms with Gasteiger partial charge in [-0.2, -0.15) is 4.72 Å². The van der Waals surface area contributed by atoms with Crippen molar-refractivity contribution >= 4 is 41.7 Å². The maximum absolute atomic E-state index is 13.1. The third kappa shape index (κ3) is 13.1. The summed E-state index contributed by atoms with van der Waals surface area (Å²) < 4.78 is 71.1. The predicted octanol–water partition coefficient (Wildman–Crippen LogP) is 5.96. The summed E-state index contributed by atoms with van der Waals surface area (Å²) in [6.45, 7) is 10.5. The van der Waals surface area contributed by atoms with E-state index in [-0.39, 0.29) is 22.2 Å². The van der Waals surface area contributed by atoms with Crippen LogP contribution in [0.3, 0.4) is 0 Å². The van der Waals surface area contributed by atoms with Crippen LogP contribution < -0.4 is 19.9 Å². The molecule has 0 fully saturated rings. The van der Waals surface area contributed by atoms with Gasteiger partial charge in [-0.3, -0.25) is 9.59 Å². The van der Waals surface area contributed by atoms with Crippen molar-refractivity contribution in [3.63, 3.8) is 0 Å². The summed E-state index contributed by atoms with van der Waals surface area (Å²) in [5, 5.41) is 0. The van der Waals surface area contributed by atoms with Crippen LogP contribution in [0.5, 0.6) is 11.5 Å². The smallest absolute Gasteiger partial charge is 0.324 e. The molecule has 300 valence electrons. The van der Waals surface area contributed by atoms with E-state index in [4.69, 9.17) is 30.6 Å². The van der Waals surface area contributed by atoms with E-state index in [1.54, 1.807) is 67.9 Å². The van der Waals surface area contributed by atoms with Crippen molar-refractivity contribution in [1.82, 2.24) is 4.72 Å². The maximum atomic E-state index is 13.1. The number of esters is 2. The minimum absolute atomic E-state index is 0.155. The summed E-state index contributed by atoms with van der Waals surface area (Å²) in [7, 11) is 3.40. The van der Waals surface area contributed by atoms with Gasteiger partial charge < -0.3 is 24.7 Å². The first-order valence-electron chi connectivity index (χ1n) is 17.0. The van der Waals surface area contributed by atoms with Gasteiger partial charge in [0.2, 0.25) is 10.0 Å². The van der Waals surface area contributed by atoms with Crippen LogP contribution in [0.1, 0.15) is 44.5 Å². The fraction of sp³-hybridized carbons (Fsp3) is 0.350. The van der Waals surface area contributed by atoms with E-state index in [1.165, 1.54) is 14.2 Å². The number of halogens is 1. The molecule has 2 atom stereocenters. The van der Waals surface area contributed by atoms with Gasteiger partial charge in [-0.25, -0.2) is 16.8 Å². The lowest BCUT2D eigenvalue weighted by Gasteiger charge is -2.20. The zero-order chi connectivity index (χ0) is 41.7. The summed E-state index contributed by atoms with van der Waals surface area (Å²) in [5.74, 6) is 0.290. The fourth-order valence-corrected chi connectivity index (χ4v) is 9.15. The summed E-state index contributed by atoms with van der Waals surface area (Å²) >= 11 is 0. The Labute approximate surface area is 329 Å². The lowest BCUT2D eigenvalue weighted by molar-refractivity contribution is -0.143. The minimum Gasteiger partial charge on any atom is -0.496 e. The largest absolute Gasteiger partial charge is 0.496 e. The van der Waals surface area contributed by atoms with Crippen LogP contribution in [-0.2, 0) is 51.0 Å². The summed E-state index contributed by atoms with van der Waals surface area (Å²) in [6, 6.07) is 20.6. The Morgan fingerprint density at radius 2 is 1.04 bits per heavy atom. The van der Waals surface area contributed by atoms with Crippen LogP contribution in [0.25, 0.3) is 0 Å². The van der Waals surface area contributed by atoms with E-state index in [1.807, 2.05) is 60.7 Å². The van der Waals surface area contributed by atoms with Crippen LogP contribution in [0, 0.1) is 41.5 Å². The van der Waals surface area contributed by atoms with Crippen LogP contribution >= 0.6 is 10.7 Å². The van der Waals surface area contributed by atoms with Gasteiger partial charge in [-0.1, -0.05) is 60.7 Å². The molecule has 0 amide bonds. The van der Waals surface area contributed by atoms with Crippen molar-refractivity contribution in [3.8, 4) is 11.5 Å². The number of benzene rings is 4. The molecule has 55 heavy (non-hydrogen) atoms. The number of nitrogens with two attached hydrogens (primary N) is 1. The molecule has 0 unspecified atom stereocenters. The normalized spacial score (nSPS) is 12.1. The summed E-state index contributed by atoms with van der Waals surface area (Å²) in [5.41, 5.74) is 11.4. The number of sulfonamides is 1. The zero-order valence-corrected chi connectivity index (χ0v) is 35.2. The number of aryl methyl sites for hydroxylation is 2. The van der Waals surface area contributed by atoms with Crippen LogP contribution in [0.4, 0.5) is 0 Å². The van der Waals surface area contributed by atoms with Gasteiger partial charge in [0.1, 0.15) is 23.6 Å². The monoisotopic (exact) mass is 818 g/mol. The quantitative estimate of drug-likeness (QED) is 0.127. The standard InChI is InChI=1S/C20H25NO5S.C10H13ClO3S.C10H13NO2/c1-13-11-18(25-4)14(2)15(3)19(13)27(23,24)21-17(20(22)26-5)12-16-9-7-6-8-10-16;1-6-5-9(14-4)7(2)8(3)10(6)15(11,12)13;1-13-10(12)9(11)7-8-5-3-2-4-6-8/h6-11,17,21H,12H2,1-5H3;5H,1-4H3;2-6,9H,7,11H2,1H3/t17-;;9-/m0.0/s1. The highest BCUT2D eigenvalue weighted by Gasteiger charge is 2.30. The van der Waals surface area contributed by atoms with E-state index in [0.29, 0.717) is 40.2 Å². The Bertz CT molecular complexity index is 2150. The van der Waals surface area contributed by atoms with Crippen LogP contribution in [-0.4, -0.2) is 69.3 Å². The van der Waals surface area contributed by atoms with Crippen LogP contribution in [0.15, 0.2) is 82.6 Å². The molecular weight excluding hydrogens is 768 g/mol. The first-order valence-corrected chi connectivity index (χ1v) is 20.8. The molecule has 15 heteroatoms. The minimum atomic E-state index is -3.95. The Morgan fingerprint density at radius 1 is 0.636 bits per heavy atom. The van der Waals surface area contributed by atoms with Crippen molar-refractivity contribution in [1.29, 1.82) is 0 Å². The number of carbonyl (C=O) groups excluding carboxylic acids is 2. The Morgan fingerprint density at radius 3 is 1.44 bits per heavy atom. The maximum Gasteiger partial charge on any atom is 0.324 e. The van der Waals surface area contributed by atoms with Crippen molar-refractivity contribution in [2.24, 2.45) is 5.73 Å². The number of hydrogen-bond acceptors (Lipinski definition) is 11. The van der Waals surface area contributed by atoms with Crippen molar-refractivity contribution in [2.45, 2.75) is 76.3 Å². The Hall–Kier alpha value is -4.47. The molecular formula is C40H51ClN2O10S2. The predicted molar refractivity (Wildman–Crippen MR) is 214 cm³/mol. The highest BCUT2D eigenvalue weighted by molar-refractivity contribution is 8.13. The third-order valence-corrected chi connectivity index (χ3v) is 12.1.